The molecule has 0 saturated carbocycles. The largest absolute Gasteiger partial charge is 0.0840 e. The summed E-state index contributed by atoms with van der Waals surface area (Å²) in [6.07, 6.45) is 0. The Balaban J connectivity index is 0. The third kappa shape index (κ3) is 6.53. The number of hydrogen-bond donors (Lipinski definition) is 0. The lowest BCUT2D eigenvalue weighted by Gasteiger charge is -2.06. The molecular formula is C16H27Cl. The maximum atomic E-state index is 6.04. The molecule has 0 radical (unpaired) electrons. The van der Waals surface area contributed by atoms with Crippen molar-refractivity contribution in [3.8, 4) is 0 Å². The van der Waals surface area contributed by atoms with E-state index in [1.54, 1.807) is 0 Å². The van der Waals surface area contributed by atoms with Crippen LogP contribution in [0.25, 0.3) is 5.57 Å². The number of rotatable bonds is 1. The van der Waals surface area contributed by atoms with Gasteiger partial charge in [0.15, 0.2) is 0 Å². The first-order chi connectivity index (χ1) is 8.02. The van der Waals surface area contributed by atoms with Crippen LogP contribution in [0.15, 0.2) is 23.8 Å². The van der Waals surface area contributed by atoms with Gasteiger partial charge in [-0.25, -0.2) is 0 Å². The molecule has 0 spiro atoms. The van der Waals surface area contributed by atoms with Crippen LogP contribution in [-0.4, -0.2) is 0 Å². The van der Waals surface area contributed by atoms with Crippen molar-refractivity contribution in [2.24, 2.45) is 0 Å². The van der Waals surface area contributed by atoms with E-state index in [-0.39, 0.29) is 0 Å². The first kappa shape index (κ1) is 18.6. The summed E-state index contributed by atoms with van der Waals surface area (Å²) in [5.74, 6) is 0. The molecule has 1 aromatic rings. The molecule has 0 aliphatic heterocycles. The smallest absolute Gasteiger partial charge is 0.0441 e. The third-order valence-corrected chi connectivity index (χ3v) is 2.76. The van der Waals surface area contributed by atoms with E-state index in [9.17, 15) is 0 Å². The van der Waals surface area contributed by atoms with Crippen LogP contribution in [0.3, 0.4) is 0 Å². The zero-order valence-electron chi connectivity index (χ0n) is 12.6. The SMILES string of the molecule is CC.CC.CC(C)=C(C)c1ccc(C)c(Cl)c1. The predicted octanol–water partition coefficient (Wildman–Crippen LogP) is 6.51. The highest BCUT2D eigenvalue weighted by atomic mass is 35.5. The summed E-state index contributed by atoms with van der Waals surface area (Å²) in [5, 5.41) is 0.845. The number of aryl methyl sites for hydroxylation is 1. The van der Waals surface area contributed by atoms with Gasteiger partial charge in [0.1, 0.15) is 0 Å². The van der Waals surface area contributed by atoms with Crippen LogP contribution in [0.5, 0.6) is 0 Å². The van der Waals surface area contributed by atoms with Crippen LogP contribution < -0.4 is 0 Å². The van der Waals surface area contributed by atoms with Crippen molar-refractivity contribution >= 4 is 17.2 Å². The van der Waals surface area contributed by atoms with E-state index < -0.39 is 0 Å². The third-order valence-electron chi connectivity index (χ3n) is 2.35. The Morgan fingerprint density at radius 2 is 1.41 bits per heavy atom. The van der Waals surface area contributed by atoms with Gasteiger partial charge in [0.25, 0.3) is 0 Å². The quantitative estimate of drug-likeness (QED) is 0.536. The van der Waals surface area contributed by atoms with E-state index >= 15 is 0 Å². The van der Waals surface area contributed by atoms with Crippen LogP contribution in [0, 0.1) is 6.92 Å². The Morgan fingerprint density at radius 1 is 0.941 bits per heavy atom. The summed E-state index contributed by atoms with van der Waals surface area (Å²) in [4.78, 5) is 0. The van der Waals surface area contributed by atoms with Gasteiger partial charge in [-0.05, 0) is 50.5 Å². The molecule has 0 bridgehead atoms. The van der Waals surface area contributed by atoms with Crippen LogP contribution >= 0.6 is 11.6 Å². The van der Waals surface area contributed by atoms with Gasteiger partial charge < -0.3 is 0 Å². The number of halogens is 1. The molecule has 0 aliphatic rings. The van der Waals surface area contributed by atoms with Crippen LogP contribution in [-0.2, 0) is 0 Å². The minimum absolute atomic E-state index is 0.845. The van der Waals surface area contributed by atoms with E-state index in [1.165, 1.54) is 16.7 Å². The first-order valence-electron chi connectivity index (χ1n) is 6.43. The Labute approximate surface area is 113 Å². The highest BCUT2D eigenvalue weighted by Gasteiger charge is 2.00. The fraction of sp³-hybridized carbons (Fsp3) is 0.500. The van der Waals surface area contributed by atoms with Gasteiger partial charge >= 0.3 is 0 Å². The zero-order chi connectivity index (χ0) is 14.0. The molecule has 0 unspecified atom stereocenters. The number of benzene rings is 1. The lowest BCUT2D eigenvalue weighted by atomic mass is 10.0. The van der Waals surface area contributed by atoms with E-state index in [1.807, 2.05) is 40.7 Å². The maximum absolute atomic E-state index is 6.04. The Morgan fingerprint density at radius 3 is 1.76 bits per heavy atom. The molecular weight excluding hydrogens is 228 g/mol. The molecule has 98 valence electrons. The summed E-state index contributed by atoms with van der Waals surface area (Å²) in [7, 11) is 0. The Hall–Kier alpha value is -0.750. The average molecular weight is 255 g/mol. The zero-order valence-corrected chi connectivity index (χ0v) is 13.4. The minimum atomic E-state index is 0.845. The van der Waals surface area contributed by atoms with Gasteiger partial charge in [0.2, 0.25) is 0 Å². The molecule has 0 nitrogen and oxygen atoms in total. The molecule has 0 saturated heterocycles. The first-order valence-corrected chi connectivity index (χ1v) is 6.80. The number of hydrogen-bond acceptors (Lipinski definition) is 0. The molecule has 0 N–H and O–H groups in total. The van der Waals surface area contributed by atoms with Gasteiger partial charge in [-0.3, -0.25) is 0 Å². The van der Waals surface area contributed by atoms with Crippen molar-refractivity contribution in [2.75, 3.05) is 0 Å². The molecule has 0 aromatic heterocycles. The molecule has 0 heterocycles. The summed E-state index contributed by atoms with van der Waals surface area (Å²) < 4.78 is 0. The molecule has 0 amide bonds. The molecule has 1 heteroatoms. The van der Waals surface area contributed by atoms with Crippen molar-refractivity contribution in [3.63, 3.8) is 0 Å². The second-order valence-corrected chi connectivity index (χ2v) is 4.00. The monoisotopic (exact) mass is 254 g/mol. The highest BCUT2D eigenvalue weighted by Crippen LogP contribution is 2.23. The number of allylic oxidation sites excluding steroid dienone is 2. The Bertz CT molecular complexity index is 345. The predicted molar refractivity (Wildman–Crippen MR) is 82.8 cm³/mol. The van der Waals surface area contributed by atoms with Crippen LogP contribution in [0.4, 0.5) is 0 Å². The minimum Gasteiger partial charge on any atom is -0.0840 e. The van der Waals surface area contributed by atoms with Crippen molar-refractivity contribution in [1.29, 1.82) is 0 Å². The van der Waals surface area contributed by atoms with Crippen molar-refractivity contribution in [1.82, 2.24) is 0 Å². The van der Waals surface area contributed by atoms with E-state index in [2.05, 4.69) is 32.9 Å². The fourth-order valence-corrected chi connectivity index (χ4v) is 1.30. The van der Waals surface area contributed by atoms with E-state index in [4.69, 9.17) is 11.6 Å². The Kier molecular flexibility index (Phi) is 11.4. The van der Waals surface area contributed by atoms with Crippen LogP contribution in [0.1, 0.15) is 59.6 Å². The second kappa shape index (κ2) is 10.4. The topological polar surface area (TPSA) is 0 Å². The lowest BCUT2D eigenvalue weighted by Crippen LogP contribution is -1.84. The average Bonchev–Trinajstić information content (AvgIpc) is 2.36. The summed E-state index contributed by atoms with van der Waals surface area (Å²) in [5.41, 5.74) is 4.99. The van der Waals surface area contributed by atoms with Gasteiger partial charge in [0, 0.05) is 5.02 Å². The van der Waals surface area contributed by atoms with Crippen LogP contribution in [0.2, 0.25) is 5.02 Å². The standard InChI is InChI=1S/C12H15Cl.2C2H6/c1-8(2)10(4)11-6-5-9(3)12(13)7-11;2*1-2/h5-7H,1-4H3;2*1-2H3. The summed E-state index contributed by atoms with van der Waals surface area (Å²) >= 11 is 6.04. The molecule has 1 rings (SSSR count). The lowest BCUT2D eigenvalue weighted by molar-refractivity contribution is 1.35. The molecule has 17 heavy (non-hydrogen) atoms. The van der Waals surface area contributed by atoms with Crippen molar-refractivity contribution < 1.29 is 0 Å². The van der Waals surface area contributed by atoms with E-state index in [0.717, 1.165) is 10.6 Å². The van der Waals surface area contributed by atoms with Gasteiger partial charge in [-0.2, -0.15) is 0 Å². The van der Waals surface area contributed by atoms with Crippen molar-refractivity contribution in [3.05, 3.63) is 39.9 Å². The molecule has 0 aliphatic carbocycles. The van der Waals surface area contributed by atoms with Gasteiger partial charge in [-0.1, -0.05) is 57.0 Å². The maximum Gasteiger partial charge on any atom is 0.0441 e. The molecule has 1 aromatic carbocycles. The van der Waals surface area contributed by atoms with Crippen molar-refractivity contribution in [2.45, 2.75) is 55.4 Å². The van der Waals surface area contributed by atoms with Gasteiger partial charge in [-0.15, -0.1) is 0 Å². The molecule has 0 atom stereocenters. The fourth-order valence-electron chi connectivity index (χ4n) is 1.11. The normalized spacial score (nSPS) is 8.29. The summed E-state index contributed by atoms with van der Waals surface area (Å²) in [6, 6.07) is 6.20. The van der Waals surface area contributed by atoms with Gasteiger partial charge in [0.05, 0.1) is 0 Å². The second-order valence-electron chi connectivity index (χ2n) is 3.59. The summed E-state index contributed by atoms with van der Waals surface area (Å²) in [6.45, 7) is 16.4. The molecule has 0 fully saturated rings. The highest BCUT2D eigenvalue weighted by molar-refractivity contribution is 6.31. The van der Waals surface area contributed by atoms with E-state index in [0.29, 0.717) is 0 Å².